The van der Waals surface area contributed by atoms with Crippen LogP contribution in [0.5, 0.6) is 0 Å². The first-order valence-electron chi connectivity index (χ1n) is 12.3. The van der Waals surface area contributed by atoms with Crippen LogP contribution in [0.4, 0.5) is 5.69 Å². The summed E-state index contributed by atoms with van der Waals surface area (Å²) in [5.41, 5.74) is 0.574. The second kappa shape index (κ2) is 11.9. The lowest BCUT2D eigenvalue weighted by Crippen LogP contribution is -2.44. The van der Waals surface area contributed by atoms with E-state index >= 15 is 0 Å². The maximum atomic E-state index is 12.8. The maximum Gasteiger partial charge on any atom is 0.243 e. The van der Waals surface area contributed by atoms with Crippen molar-refractivity contribution in [2.24, 2.45) is 5.92 Å². The largest absolute Gasteiger partial charge is 0.342 e. The Labute approximate surface area is 198 Å². The number of anilines is 1. The molecule has 2 fully saturated rings. The molecule has 1 N–H and O–H groups in total. The Bertz CT molecular complexity index is 884. The average Bonchev–Trinajstić information content (AvgIpc) is 3.10. The van der Waals surface area contributed by atoms with E-state index in [1.54, 1.807) is 12.1 Å². The molecule has 33 heavy (non-hydrogen) atoms. The lowest BCUT2D eigenvalue weighted by Gasteiger charge is -2.33. The number of amides is 2. The number of benzene rings is 1. The summed E-state index contributed by atoms with van der Waals surface area (Å²) in [6.45, 7) is 7.95. The van der Waals surface area contributed by atoms with Crippen molar-refractivity contribution >= 4 is 27.5 Å². The van der Waals surface area contributed by atoms with Gasteiger partial charge in [-0.1, -0.05) is 26.7 Å². The van der Waals surface area contributed by atoms with Crippen LogP contribution >= 0.6 is 0 Å². The minimum atomic E-state index is -3.51. The lowest BCUT2D eigenvalue weighted by atomic mass is 9.95. The molecule has 0 saturated carbocycles. The lowest BCUT2D eigenvalue weighted by molar-refractivity contribution is -0.137. The number of sulfonamides is 1. The Hall–Kier alpha value is -1.97. The van der Waals surface area contributed by atoms with E-state index < -0.39 is 10.0 Å². The number of hydrogen-bond acceptors (Lipinski definition) is 5. The van der Waals surface area contributed by atoms with Crippen LogP contribution in [0.1, 0.15) is 52.4 Å². The van der Waals surface area contributed by atoms with Crippen LogP contribution in [-0.4, -0.2) is 80.2 Å². The zero-order valence-corrected chi connectivity index (χ0v) is 20.8. The van der Waals surface area contributed by atoms with E-state index in [4.69, 9.17) is 0 Å². The molecule has 1 aromatic rings. The first-order valence-corrected chi connectivity index (χ1v) is 13.7. The van der Waals surface area contributed by atoms with Crippen LogP contribution in [0.3, 0.4) is 0 Å². The summed E-state index contributed by atoms with van der Waals surface area (Å²) in [5, 5.41) is 2.85. The van der Waals surface area contributed by atoms with Gasteiger partial charge in [-0.25, -0.2) is 8.42 Å². The zero-order chi connectivity index (χ0) is 23.8. The van der Waals surface area contributed by atoms with Crippen molar-refractivity contribution in [3.8, 4) is 0 Å². The molecule has 0 unspecified atom stereocenters. The zero-order valence-electron chi connectivity index (χ0n) is 20.0. The van der Waals surface area contributed by atoms with Crippen molar-refractivity contribution in [1.82, 2.24) is 14.1 Å². The summed E-state index contributed by atoms with van der Waals surface area (Å²) in [5.74, 6) is 0.232. The van der Waals surface area contributed by atoms with Crippen LogP contribution in [0.2, 0.25) is 0 Å². The fourth-order valence-electron chi connectivity index (χ4n) is 4.71. The SMILES string of the molecule is CCN(CC)S(=O)(=O)c1ccc(NC(=O)CN2CCC(C(=O)N3CCCCCC3)CC2)cc1. The topological polar surface area (TPSA) is 90.0 Å². The number of rotatable bonds is 8. The van der Waals surface area contributed by atoms with Crippen LogP contribution in [0, 0.1) is 5.92 Å². The van der Waals surface area contributed by atoms with Gasteiger partial charge in [0.25, 0.3) is 0 Å². The van der Waals surface area contributed by atoms with Gasteiger partial charge in [0.1, 0.15) is 0 Å². The highest BCUT2D eigenvalue weighted by Crippen LogP contribution is 2.22. The molecule has 0 radical (unpaired) electrons. The van der Waals surface area contributed by atoms with Crippen molar-refractivity contribution in [2.45, 2.75) is 57.3 Å². The Morgan fingerprint density at radius 2 is 1.52 bits per heavy atom. The van der Waals surface area contributed by atoms with E-state index in [1.165, 1.54) is 29.3 Å². The molecule has 0 aliphatic carbocycles. The quantitative estimate of drug-likeness (QED) is 0.621. The van der Waals surface area contributed by atoms with E-state index in [2.05, 4.69) is 10.2 Å². The molecule has 2 aliphatic heterocycles. The van der Waals surface area contributed by atoms with Crippen molar-refractivity contribution in [3.63, 3.8) is 0 Å². The number of carbonyl (C=O) groups is 2. The van der Waals surface area contributed by atoms with Crippen molar-refractivity contribution in [1.29, 1.82) is 0 Å². The summed E-state index contributed by atoms with van der Waals surface area (Å²) in [7, 11) is -3.51. The highest BCUT2D eigenvalue weighted by atomic mass is 32.2. The highest BCUT2D eigenvalue weighted by molar-refractivity contribution is 7.89. The van der Waals surface area contributed by atoms with Crippen molar-refractivity contribution in [2.75, 3.05) is 51.1 Å². The van der Waals surface area contributed by atoms with Crippen LogP contribution in [0.25, 0.3) is 0 Å². The van der Waals surface area contributed by atoms with Gasteiger partial charge < -0.3 is 10.2 Å². The first kappa shape index (κ1) is 25.6. The Morgan fingerprint density at radius 3 is 2.06 bits per heavy atom. The summed E-state index contributed by atoms with van der Waals surface area (Å²) in [4.78, 5) is 29.7. The third kappa shape index (κ3) is 6.77. The summed E-state index contributed by atoms with van der Waals surface area (Å²) < 4.78 is 26.6. The van der Waals surface area contributed by atoms with Crippen molar-refractivity contribution < 1.29 is 18.0 Å². The van der Waals surface area contributed by atoms with E-state index in [9.17, 15) is 18.0 Å². The molecular weight excluding hydrogens is 440 g/mol. The number of piperidine rings is 1. The third-order valence-electron chi connectivity index (χ3n) is 6.70. The monoisotopic (exact) mass is 478 g/mol. The van der Waals surface area contributed by atoms with Gasteiger partial charge in [0.05, 0.1) is 11.4 Å². The number of carbonyl (C=O) groups excluding carboxylic acids is 2. The molecule has 8 nitrogen and oxygen atoms in total. The smallest absolute Gasteiger partial charge is 0.243 e. The molecule has 0 aromatic heterocycles. The van der Waals surface area contributed by atoms with Gasteiger partial charge in [-0.2, -0.15) is 4.31 Å². The molecule has 2 amide bonds. The molecule has 0 atom stereocenters. The predicted octanol–water partition coefficient (Wildman–Crippen LogP) is 2.77. The predicted molar refractivity (Wildman–Crippen MR) is 129 cm³/mol. The van der Waals surface area contributed by atoms with Crippen LogP contribution < -0.4 is 5.32 Å². The molecule has 2 aliphatic rings. The average molecular weight is 479 g/mol. The van der Waals surface area contributed by atoms with Gasteiger partial charge in [0.2, 0.25) is 21.8 Å². The minimum Gasteiger partial charge on any atom is -0.342 e. The van der Waals surface area contributed by atoms with Crippen molar-refractivity contribution in [3.05, 3.63) is 24.3 Å². The number of likely N-dealkylation sites (tertiary alicyclic amines) is 2. The standard InChI is InChI=1S/C24H38N4O4S/c1-3-28(4-2)33(31,32)22-11-9-21(10-12-22)25-23(29)19-26-17-13-20(14-18-26)24(30)27-15-7-5-6-8-16-27/h9-12,20H,3-8,13-19H2,1-2H3,(H,25,29). The summed E-state index contributed by atoms with van der Waals surface area (Å²) >= 11 is 0. The van der Waals surface area contributed by atoms with Gasteiger partial charge in [0, 0.05) is 37.8 Å². The molecule has 2 saturated heterocycles. The molecular formula is C24H38N4O4S. The van der Waals surface area contributed by atoms with Crippen LogP contribution in [0.15, 0.2) is 29.2 Å². The van der Waals surface area contributed by atoms with Gasteiger partial charge in [-0.15, -0.1) is 0 Å². The normalized spacial score (nSPS) is 18.8. The number of nitrogens with zero attached hydrogens (tertiary/aromatic N) is 3. The van der Waals surface area contributed by atoms with E-state index in [0.29, 0.717) is 24.7 Å². The fraction of sp³-hybridized carbons (Fsp3) is 0.667. The van der Waals surface area contributed by atoms with Gasteiger partial charge in [-0.3, -0.25) is 14.5 Å². The molecule has 2 heterocycles. The molecule has 1 aromatic carbocycles. The molecule has 184 valence electrons. The molecule has 0 spiro atoms. The second-order valence-corrected chi connectivity index (χ2v) is 10.9. The van der Waals surface area contributed by atoms with Gasteiger partial charge in [-0.05, 0) is 63.0 Å². The summed E-state index contributed by atoms with van der Waals surface area (Å²) in [6.07, 6.45) is 6.22. The molecule has 9 heteroatoms. The Morgan fingerprint density at radius 1 is 0.939 bits per heavy atom. The summed E-state index contributed by atoms with van der Waals surface area (Å²) in [6, 6.07) is 6.31. The maximum absolute atomic E-state index is 12.8. The van der Waals surface area contributed by atoms with E-state index in [0.717, 1.165) is 51.9 Å². The van der Waals surface area contributed by atoms with E-state index in [-0.39, 0.29) is 23.3 Å². The number of nitrogens with one attached hydrogen (secondary N) is 1. The fourth-order valence-corrected chi connectivity index (χ4v) is 6.17. The second-order valence-electron chi connectivity index (χ2n) is 8.95. The first-order chi connectivity index (χ1) is 15.8. The van der Waals surface area contributed by atoms with Crippen LogP contribution in [-0.2, 0) is 19.6 Å². The Kier molecular flexibility index (Phi) is 9.28. The highest BCUT2D eigenvalue weighted by Gasteiger charge is 2.29. The third-order valence-corrected chi connectivity index (χ3v) is 8.77. The number of hydrogen-bond donors (Lipinski definition) is 1. The Balaban J connectivity index is 1.46. The minimum absolute atomic E-state index is 0.0720. The van der Waals surface area contributed by atoms with Gasteiger partial charge in [0.15, 0.2) is 0 Å². The van der Waals surface area contributed by atoms with Gasteiger partial charge >= 0.3 is 0 Å². The molecule has 3 rings (SSSR count). The van der Waals surface area contributed by atoms with E-state index in [1.807, 2.05) is 18.7 Å². The molecule has 0 bridgehead atoms.